The molecule has 15 heavy (non-hydrogen) atoms. The van der Waals surface area contributed by atoms with E-state index < -0.39 is 17.7 Å². The van der Waals surface area contributed by atoms with E-state index in [1.165, 1.54) is 19.1 Å². The summed E-state index contributed by atoms with van der Waals surface area (Å²) in [6, 6.07) is 6.51. The van der Waals surface area contributed by atoms with Crippen molar-refractivity contribution in [1.82, 2.24) is 0 Å². The summed E-state index contributed by atoms with van der Waals surface area (Å²) in [5.74, 6) is -1.41. The number of Topliss-reactive ketones (excluding diaryl/α,β-unsaturated/α-hetero) is 2. The lowest BCUT2D eigenvalue weighted by molar-refractivity contribution is -0.121. The molecule has 80 valence electrons. The van der Waals surface area contributed by atoms with Crippen molar-refractivity contribution >= 4 is 11.6 Å². The molecule has 0 aliphatic heterocycles. The van der Waals surface area contributed by atoms with Gasteiger partial charge in [-0.1, -0.05) is 36.8 Å². The van der Waals surface area contributed by atoms with Crippen LogP contribution in [-0.4, -0.2) is 17.7 Å². The Labute approximate surface area is 88.1 Å². The molecule has 0 N–H and O–H groups in total. The van der Waals surface area contributed by atoms with Gasteiger partial charge in [-0.15, -0.1) is 0 Å². The molecule has 3 heteroatoms. The van der Waals surface area contributed by atoms with Crippen LogP contribution in [0.15, 0.2) is 24.3 Å². The SMILES string of the molecule is CCC(=O)C(F)C(=O)c1ccc(C)cc1. The molecular weight excluding hydrogens is 195 g/mol. The highest BCUT2D eigenvalue weighted by Crippen LogP contribution is 2.10. The molecule has 1 atom stereocenters. The van der Waals surface area contributed by atoms with E-state index in [2.05, 4.69) is 0 Å². The van der Waals surface area contributed by atoms with Crippen LogP contribution in [0.5, 0.6) is 0 Å². The summed E-state index contributed by atoms with van der Waals surface area (Å²) < 4.78 is 13.3. The molecular formula is C12H13FO2. The van der Waals surface area contributed by atoms with Crippen LogP contribution >= 0.6 is 0 Å². The molecule has 0 amide bonds. The van der Waals surface area contributed by atoms with E-state index in [4.69, 9.17) is 0 Å². The second-order valence-electron chi connectivity index (χ2n) is 3.41. The number of halogens is 1. The Morgan fingerprint density at radius 3 is 2.27 bits per heavy atom. The minimum atomic E-state index is -2.02. The van der Waals surface area contributed by atoms with E-state index in [1.807, 2.05) is 6.92 Å². The minimum absolute atomic E-state index is 0.0404. The van der Waals surface area contributed by atoms with Crippen LogP contribution in [0.3, 0.4) is 0 Å². The molecule has 1 unspecified atom stereocenters. The molecule has 1 rings (SSSR count). The molecule has 0 aromatic heterocycles. The molecule has 0 saturated heterocycles. The highest BCUT2D eigenvalue weighted by molar-refractivity contribution is 6.13. The molecule has 1 aromatic carbocycles. The second-order valence-corrected chi connectivity index (χ2v) is 3.41. The van der Waals surface area contributed by atoms with Crippen molar-refractivity contribution in [2.45, 2.75) is 26.4 Å². The van der Waals surface area contributed by atoms with Crippen molar-refractivity contribution < 1.29 is 14.0 Å². The Morgan fingerprint density at radius 1 is 1.27 bits per heavy atom. The molecule has 0 fully saturated rings. The Hall–Kier alpha value is -1.51. The van der Waals surface area contributed by atoms with Crippen molar-refractivity contribution in [1.29, 1.82) is 0 Å². The molecule has 0 aliphatic rings. The van der Waals surface area contributed by atoms with Gasteiger partial charge in [0.25, 0.3) is 0 Å². The van der Waals surface area contributed by atoms with Crippen molar-refractivity contribution in [2.75, 3.05) is 0 Å². The van der Waals surface area contributed by atoms with E-state index in [0.29, 0.717) is 0 Å². The zero-order chi connectivity index (χ0) is 11.4. The summed E-state index contributed by atoms with van der Waals surface area (Å²) in [6.07, 6.45) is -1.98. The number of ketones is 2. The predicted molar refractivity (Wildman–Crippen MR) is 55.7 cm³/mol. The fourth-order valence-corrected chi connectivity index (χ4v) is 1.19. The number of aryl methyl sites for hydroxylation is 1. The summed E-state index contributed by atoms with van der Waals surface area (Å²) in [4.78, 5) is 22.5. The van der Waals surface area contributed by atoms with Gasteiger partial charge in [0, 0.05) is 12.0 Å². The first-order valence-electron chi connectivity index (χ1n) is 4.84. The summed E-state index contributed by atoms with van der Waals surface area (Å²) in [5.41, 5.74) is 1.23. The number of carbonyl (C=O) groups is 2. The highest BCUT2D eigenvalue weighted by Gasteiger charge is 2.25. The molecule has 2 nitrogen and oxygen atoms in total. The maximum atomic E-state index is 13.3. The molecule has 0 saturated carbocycles. The predicted octanol–water partition coefficient (Wildman–Crippen LogP) is 2.49. The van der Waals surface area contributed by atoms with E-state index in [-0.39, 0.29) is 12.0 Å². The van der Waals surface area contributed by atoms with Crippen LogP contribution in [0, 0.1) is 6.92 Å². The molecule has 0 heterocycles. The van der Waals surface area contributed by atoms with Gasteiger partial charge in [0.2, 0.25) is 12.0 Å². The van der Waals surface area contributed by atoms with Gasteiger partial charge in [-0.25, -0.2) is 4.39 Å². The van der Waals surface area contributed by atoms with Gasteiger partial charge in [-0.05, 0) is 6.92 Å². The maximum Gasteiger partial charge on any atom is 0.220 e. The summed E-state index contributed by atoms with van der Waals surface area (Å²) in [5, 5.41) is 0. The zero-order valence-electron chi connectivity index (χ0n) is 8.79. The topological polar surface area (TPSA) is 34.1 Å². The number of rotatable bonds is 4. The van der Waals surface area contributed by atoms with Crippen LogP contribution in [0.1, 0.15) is 29.3 Å². The third kappa shape index (κ3) is 2.72. The summed E-state index contributed by atoms with van der Waals surface area (Å²) in [6.45, 7) is 3.41. The van der Waals surface area contributed by atoms with Crippen LogP contribution in [-0.2, 0) is 4.79 Å². The van der Waals surface area contributed by atoms with Crippen LogP contribution in [0.25, 0.3) is 0 Å². The fourth-order valence-electron chi connectivity index (χ4n) is 1.19. The third-order valence-corrected chi connectivity index (χ3v) is 2.20. The highest BCUT2D eigenvalue weighted by atomic mass is 19.1. The van der Waals surface area contributed by atoms with Crippen molar-refractivity contribution in [3.05, 3.63) is 35.4 Å². The minimum Gasteiger partial charge on any atom is -0.296 e. The van der Waals surface area contributed by atoms with Gasteiger partial charge in [-0.2, -0.15) is 0 Å². The van der Waals surface area contributed by atoms with E-state index in [1.54, 1.807) is 12.1 Å². The lowest BCUT2D eigenvalue weighted by Crippen LogP contribution is -2.25. The lowest BCUT2D eigenvalue weighted by Gasteiger charge is -2.05. The Kier molecular flexibility index (Phi) is 3.72. The molecule has 1 aromatic rings. The number of hydrogen-bond donors (Lipinski definition) is 0. The zero-order valence-corrected chi connectivity index (χ0v) is 8.79. The van der Waals surface area contributed by atoms with Crippen LogP contribution in [0.2, 0.25) is 0 Å². The van der Waals surface area contributed by atoms with E-state index >= 15 is 0 Å². The number of carbonyl (C=O) groups excluding carboxylic acids is 2. The number of hydrogen-bond acceptors (Lipinski definition) is 2. The van der Waals surface area contributed by atoms with Crippen LogP contribution in [0.4, 0.5) is 4.39 Å². The van der Waals surface area contributed by atoms with Gasteiger partial charge < -0.3 is 0 Å². The molecule has 0 aliphatic carbocycles. The fraction of sp³-hybridized carbons (Fsp3) is 0.333. The molecule has 0 radical (unpaired) electrons. The Bertz CT molecular complexity index is 368. The van der Waals surface area contributed by atoms with Gasteiger partial charge in [-0.3, -0.25) is 9.59 Å². The first-order chi connectivity index (χ1) is 7.06. The monoisotopic (exact) mass is 208 g/mol. The van der Waals surface area contributed by atoms with Crippen molar-refractivity contribution in [3.63, 3.8) is 0 Å². The van der Waals surface area contributed by atoms with Gasteiger partial charge in [0.05, 0.1) is 0 Å². The van der Waals surface area contributed by atoms with Crippen LogP contribution < -0.4 is 0 Å². The average molecular weight is 208 g/mol. The van der Waals surface area contributed by atoms with Gasteiger partial charge >= 0.3 is 0 Å². The standard InChI is InChI=1S/C12H13FO2/c1-3-10(14)11(13)12(15)9-6-4-8(2)5-7-9/h4-7,11H,3H2,1-2H3. The largest absolute Gasteiger partial charge is 0.296 e. The quantitative estimate of drug-likeness (QED) is 0.562. The summed E-state index contributed by atoms with van der Waals surface area (Å²) >= 11 is 0. The van der Waals surface area contributed by atoms with Crippen molar-refractivity contribution in [3.8, 4) is 0 Å². The van der Waals surface area contributed by atoms with Gasteiger partial charge in [0.15, 0.2) is 5.78 Å². The van der Waals surface area contributed by atoms with Gasteiger partial charge in [0.1, 0.15) is 0 Å². The Balaban J connectivity index is 2.85. The van der Waals surface area contributed by atoms with E-state index in [0.717, 1.165) is 5.56 Å². The normalized spacial score (nSPS) is 12.2. The molecule has 0 bridgehead atoms. The summed E-state index contributed by atoms with van der Waals surface area (Å²) in [7, 11) is 0. The van der Waals surface area contributed by atoms with Crippen molar-refractivity contribution in [2.24, 2.45) is 0 Å². The smallest absolute Gasteiger partial charge is 0.220 e. The average Bonchev–Trinajstić information content (AvgIpc) is 2.27. The number of alkyl halides is 1. The molecule has 0 spiro atoms. The first kappa shape index (κ1) is 11.6. The van der Waals surface area contributed by atoms with E-state index in [9.17, 15) is 14.0 Å². The maximum absolute atomic E-state index is 13.3. The third-order valence-electron chi connectivity index (χ3n) is 2.20. The Morgan fingerprint density at radius 2 is 1.80 bits per heavy atom. The lowest BCUT2D eigenvalue weighted by atomic mass is 10.0. The second kappa shape index (κ2) is 4.82. The first-order valence-corrected chi connectivity index (χ1v) is 4.84. The number of benzene rings is 1.